The van der Waals surface area contributed by atoms with E-state index >= 15 is 0 Å². The Hall–Kier alpha value is -6.63. The summed E-state index contributed by atoms with van der Waals surface area (Å²) >= 11 is 0. The third-order valence-electron chi connectivity index (χ3n) is 11.0. The summed E-state index contributed by atoms with van der Waals surface area (Å²) in [4.78, 5) is 2.41. The minimum Gasteiger partial charge on any atom is -0.311 e. The first-order chi connectivity index (χ1) is 24.8. The number of hydrogen-bond acceptors (Lipinski definition) is 2. The number of rotatable bonds is 2. The summed E-state index contributed by atoms with van der Waals surface area (Å²) in [5.74, 6) is 0. The molecule has 0 saturated heterocycles. The molecule has 0 N–H and O–H groups in total. The molecule has 0 bridgehead atoms. The van der Waals surface area contributed by atoms with E-state index in [1.54, 1.807) is 0 Å². The lowest BCUT2D eigenvalue weighted by Crippen LogP contribution is -2.59. The average molecular weight is 631 g/mol. The minimum absolute atomic E-state index is 0.00922. The molecule has 0 unspecified atom stereocenters. The molecule has 0 aromatic heterocycles. The lowest BCUT2D eigenvalue weighted by Gasteiger charge is -2.41. The molecular formula is C47H27BN2. The Kier molecular flexibility index (Phi) is 5.57. The van der Waals surface area contributed by atoms with Gasteiger partial charge in [0.2, 0.25) is 6.71 Å². The standard InChI is InChI=1S/C47H27BN2/c49-28-29-23-39-45-37-18-9-8-17-36(37)44(31-12-2-1-3-13-31)38-19-10-20-40(46(38)45)48-41-26-33-15-6-7-16-34(33)27-42(41)50(43(24-29)47(39)48)35-22-21-30-11-4-5-14-32(30)25-35/h1-27H. The Balaban J connectivity index is 1.34. The molecule has 2 nitrogen and oxygen atoms in total. The highest BCUT2D eigenvalue weighted by atomic mass is 15.2. The van der Waals surface area contributed by atoms with Crippen molar-refractivity contribution in [3.8, 4) is 28.3 Å². The Bertz CT molecular complexity index is 2960. The van der Waals surface area contributed by atoms with Gasteiger partial charge >= 0.3 is 0 Å². The average Bonchev–Trinajstić information content (AvgIpc) is 3.18. The van der Waals surface area contributed by atoms with Gasteiger partial charge < -0.3 is 4.90 Å². The van der Waals surface area contributed by atoms with Crippen LogP contribution in [0.3, 0.4) is 0 Å². The van der Waals surface area contributed by atoms with Gasteiger partial charge in [-0.25, -0.2) is 0 Å². The molecule has 0 amide bonds. The van der Waals surface area contributed by atoms with Gasteiger partial charge in [0, 0.05) is 17.1 Å². The lowest BCUT2D eigenvalue weighted by atomic mass is 9.32. The van der Waals surface area contributed by atoms with Crippen LogP contribution in [0.4, 0.5) is 17.1 Å². The maximum absolute atomic E-state index is 10.6. The number of benzene rings is 9. The Morgan fingerprint density at radius 2 is 1.14 bits per heavy atom. The fraction of sp³-hybridized carbons (Fsp3) is 0. The van der Waals surface area contributed by atoms with Crippen molar-refractivity contribution in [2.24, 2.45) is 0 Å². The quantitative estimate of drug-likeness (QED) is 0.140. The molecule has 2 aliphatic rings. The van der Waals surface area contributed by atoms with Crippen molar-refractivity contribution in [1.29, 1.82) is 5.26 Å². The van der Waals surface area contributed by atoms with Crippen molar-refractivity contribution in [1.82, 2.24) is 0 Å². The third-order valence-corrected chi connectivity index (χ3v) is 11.0. The Morgan fingerprint density at radius 3 is 1.92 bits per heavy atom. The zero-order valence-corrected chi connectivity index (χ0v) is 27.1. The van der Waals surface area contributed by atoms with E-state index in [0.717, 1.165) is 22.6 Å². The summed E-state index contributed by atoms with van der Waals surface area (Å²) in [6, 6.07) is 62.0. The molecule has 0 aliphatic carbocycles. The number of anilines is 3. The number of hydrogen-bond donors (Lipinski definition) is 0. The summed E-state index contributed by atoms with van der Waals surface area (Å²) < 4.78 is 0. The maximum atomic E-state index is 10.6. The molecule has 2 heterocycles. The fourth-order valence-corrected chi connectivity index (χ4v) is 8.96. The SMILES string of the molecule is N#Cc1cc2c3c(c1)N(c1ccc4ccccc4c1)c1cc4ccccc4cc1B3c1cccc3c(-c4ccccc4)c4ccccc4c-2c13. The Morgan fingerprint density at radius 1 is 0.480 bits per heavy atom. The third kappa shape index (κ3) is 3.68. The molecule has 0 saturated carbocycles. The molecule has 50 heavy (non-hydrogen) atoms. The monoisotopic (exact) mass is 630 g/mol. The largest absolute Gasteiger partial charge is 0.311 e. The second kappa shape index (κ2) is 10.2. The molecule has 11 rings (SSSR count). The fourth-order valence-electron chi connectivity index (χ4n) is 8.96. The van der Waals surface area contributed by atoms with E-state index in [-0.39, 0.29) is 6.71 Å². The highest BCUT2D eigenvalue weighted by molar-refractivity contribution is 7.01. The lowest BCUT2D eigenvalue weighted by molar-refractivity contribution is 1.30. The normalized spacial score (nSPS) is 12.7. The maximum Gasteiger partial charge on any atom is 0.248 e. The van der Waals surface area contributed by atoms with Gasteiger partial charge in [0.05, 0.1) is 11.6 Å². The molecule has 0 fully saturated rings. The summed E-state index contributed by atoms with van der Waals surface area (Å²) in [5, 5.41) is 20.4. The summed E-state index contributed by atoms with van der Waals surface area (Å²) in [7, 11) is 0. The van der Waals surface area contributed by atoms with E-state index in [0.29, 0.717) is 5.56 Å². The van der Waals surface area contributed by atoms with Crippen LogP contribution in [0.25, 0.3) is 65.3 Å². The van der Waals surface area contributed by atoms with Crippen LogP contribution < -0.4 is 21.3 Å². The second-order valence-electron chi connectivity index (χ2n) is 13.6. The van der Waals surface area contributed by atoms with Gasteiger partial charge in [-0.3, -0.25) is 0 Å². The molecular weight excluding hydrogens is 603 g/mol. The smallest absolute Gasteiger partial charge is 0.248 e. The molecule has 9 aromatic carbocycles. The van der Waals surface area contributed by atoms with Crippen molar-refractivity contribution in [3.63, 3.8) is 0 Å². The predicted octanol–water partition coefficient (Wildman–Crippen LogP) is 10.1. The van der Waals surface area contributed by atoms with Crippen molar-refractivity contribution < 1.29 is 0 Å². The van der Waals surface area contributed by atoms with Gasteiger partial charge in [0.1, 0.15) is 0 Å². The number of nitrogens with zero attached hydrogens (tertiary/aromatic N) is 2. The van der Waals surface area contributed by atoms with Gasteiger partial charge in [0.25, 0.3) is 0 Å². The van der Waals surface area contributed by atoms with E-state index in [1.807, 2.05) is 0 Å². The van der Waals surface area contributed by atoms with Crippen LogP contribution in [0.5, 0.6) is 0 Å². The van der Waals surface area contributed by atoms with Crippen molar-refractivity contribution in [2.45, 2.75) is 0 Å². The highest BCUT2D eigenvalue weighted by Gasteiger charge is 2.42. The zero-order chi connectivity index (χ0) is 32.9. The van der Waals surface area contributed by atoms with Gasteiger partial charge in [0.15, 0.2) is 0 Å². The van der Waals surface area contributed by atoms with Crippen LogP contribution in [0.15, 0.2) is 164 Å². The van der Waals surface area contributed by atoms with Crippen molar-refractivity contribution >= 4 is 83.3 Å². The first kappa shape index (κ1) is 27.3. The van der Waals surface area contributed by atoms with Gasteiger partial charge in [-0.1, -0.05) is 139 Å². The van der Waals surface area contributed by atoms with Crippen LogP contribution in [0.2, 0.25) is 0 Å². The molecule has 9 aromatic rings. The van der Waals surface area contributed by atoms with E-state index < -0.39 is 0 Å². The van der Waals surface area contributed by atoms with Crippen molar-refractivity contribution in [3.05, 3.63) is 169 Å². The van der Waals surface area contributed by atoms with Crippen molar-refractivity contribution in [2.75, 3.05) is 4.90 Å². The van der Waals surface area contributed by atoms with E-state index in [9.17, 15) is 5.26 Å². The summed E-state index contributed by atoms with van der Waals surface area (Å²) in [6.07, 6.45) is 0. The second-order valence-corrected chi connectivity index (χ2v) is 13.6. The molecule has 0 radical (unpaired) electrons. The predicted molar refractivity (Wildman–Crippen MR) is 211 cm³/mol. The number of fused-ring (bicyclic) bond motifs is 8. The molecule has 0 atom stereocenters. The number of nitriles is 1. The molecule has 228 valence electrons. The first-order valence-corrected chi connectivity index (χ1v) is 17.2. The summed E-state index contributed by atoms with van der Waals surface area (Å²) in [5.41, 5.74) is 12.7. The minimum atomic E-state index is -0.00922. The Labute approximate surface area is 290 Å². The molecule has 2 aliphatic heterocycles. The van der Waals surface area contributed by atoms with Gasteiger partial charge in [-0.2, -0.15) is 5.26 Å². The highest BCUT2D eigenvalue weighted by Crippen LogP contribution is 2.48. The van der Waals surface area contributed by atoms with E-state index in [1.165, 1.54) is 76.2 Å². The zero-order valence-electron chi connectivity index (χ0n) is 27.1. The molecule has 3 heteroatoms. The summed E-state index contributed by atoms with van der Waals surface area (Å²) in [6.45, 7) is -0.00922. The van der Waals surface area contributed by atoms with E-state index in [4.69, 9.17) is 0 Å². The van der Waals surface area contributed by atoms with Crippen LogP contribution in [-0.2, 0) is 0 Å². The van der Waals surface area contributed by atoms with Crippen LogP contribution in [0, 0.1) is 11.3 Å². The first-order valence-electron chi connectivity index (χ1n) is 17.2. The van der Waals surface area contributed by atoms with E-state index in [2.05, 4.69) is 175 Å². The van der Waals surface area contributed by atoms with Gasteiger partial charge in [-0.05, 0) is 107 Å². The van der Waals surface area contributed by atoms with Gasteiger partial charge in [-0.15, -0.1) is 0 Å². The van der Waals surface area contributed by atoms with Crippen LogP contribution in [0.1, 0.15) is 5.56 Å². The van der Waals surface area contributed by atoms with Crippen LogP contribution in [-0.4, -0.2) is 6.71 Å². The topological polar surface area (TPSA) is 27.0 Å². The molecule has 0 spiro atoms. The van der Waals surface area contributed by atoms with Crippen LogP contribution >= 0.6 is 0 Å².